The predicted octanol–water partition coefficient (Wildman–Crippen LogP) is 2.38. The van der Waals surface area contributed by atoms with Crippen LogP contribution in [0.4, 0.5) is 5.69 Å². The van der Waals surface area contributed by atoms with Crippen LogP contribution in [-0.2, 0) is 6.54 Å². The van der Waals surface area contributed by atoms with E-state index in [2.05, 4.69) is 20.4 Å². The van der Waals surface area contributed by atoms with Gasteiger partial charge in [-0.05, 0) is 32.5 Å². The smallest absolute Gasteiger partial charge is 0.286 e. The second-order valence-corrected chi connectivity index (χ2v) is 7.00. The topological polar surface area (TPSA) is 78.4 Å². The molecule has 0 aliphatic rings. The van der Waals surface area contributed by atoms with Gasteiger partial charge in [-0.2, -0.15) is 0 Å². The lowest BCUT2D eigenvalue weighted by atomic mass is 10.1. The van der Waals surface area contributed by atoms with Crippen LogP contribution in [0.25, 0.3) is 0 Å². The fourth-order valence-electron chi connectivity index (χ4n) is 2.13. The van der Waals surface area contributed by atoms with Gasteiger partial charge in [0.05, 0.1) is 12.1 Å². The maximum atomic E-state index is 12.2. The summed E-state index contributed by atoms with van der Waals surface area (Å²) in [6, 6.07) is 9.25. The van der Waals surface area contributed by atoms with Gasteiger partial charge in [-0.15, -0.1) is 10.2 Å². The first-order chi connectivity index (χ1) is 10.9. The van der Waals surface area contributed by atoms with Crippen molar-refractivity contribution in [2.75, 3.05) is 18.4 Å². The number of likely N-dealkylation sites (N-methyl/N-ethyl adjacent to an activating group) is 1. The number of nitrogens with zero attached hydrogens (tertiary/aromatic N) is 3. The lowest BCUT2D eigenvalue weighted by Crippen LogP contribution is -2.38. The average Bonchev–Trinajstić information content (AvgIpc) is 2.95. The number of aromatic nitrogens is 2. The number of benzene rings is 1. The molecule has 0 saturated heterocycles. The normalized spacial score (nSPS) is 11.7. The maximum Gasteiger partial charge on any atom is 0.286 e. The Balaban J connectivity index is 1.98. The van der Waals surface area contributed by atoms with Crippen LogP contribution in [-0.4, -0.2) is 44.8 Å². The van der Waals surface area contributed by atoms with Gasteiger partial charge in [0, 0.05) is 12.2 Å². The lowest BCUT2D eigenvalue weighted by Gasteiger charge is -2.26. The van der Waals surface area contributed by atoms with Crippen molar-refractivity contribution in [2.24, 2.45) is 0 Å². The summed E-state index contributed by atoms with van der Waals surface area (Å²) in [4.78, 5) is 14.2. The second-order valence-electron chi connectivity index (χ2n) is 5.94. The Bertz CT molecular complexity index is 637. The van der Waals surface area contributed by atoms with E-state index in [0.717, 1.165) is 17.2 Å². The van der Waals surface area contributed by atoms with Gasteiger partial charge in [0.1, 0.15) is 5.01 Å². The molecule has 7 heteroatoms. The van der Waals surface area contributed by atoms with Gasteiger partial charge in [-0.3, -0.25) is 9.69 Å². The minimum absolute atomic E-state index is 0.259. The van der Waals surface area contributed by atoms with E-state index in [1.165, 1.54) is 11.3 Å². The van der Waals surface area contributed by atoms with Crippen LogP contribution in [0.2, 0.25) is 0 Å². The summed E-state index contributed by atoms with van der Waals surface area (Å²) < 4.78 is 0. The summed E-state index contributed by atoms with van der Waals surface area (Å²) in [5.41, 5.74) is -0.0414. The zero-order chi connectivity index (χ0) is 16.9. The van der Waals surface area contributed by atoms with E-state index in [4.69, 9.17) is 0 Å². The van der Waals surface area contributed by atoms with Gasteiger partial charge in [-0.1, -0.05) is 36.5 Å². The van der Waals surface area contributed by atoms with E-state index < -0.39 is 5.60 Å². The largest absolute Gasteiger partial charge is 0.389 e. The van der Waals surface area contributed by atoms with E-state index in [9.17, 15) is 9.90 Å². The molecule has 0 radical (unpaired) electrons. The molecule has 0 bridgehead atoms. The third-order valence-corrected chi connectivity index (χ3v) is 4.02. The van der Waals surface area contributed by atoms with Gasteiger partial charge < -0.3 is 10.4 Å². The van der Waals surface area contributed by atoms with Crippen LogP contribution in [0, 0.1) is 0 Å². The van der Waals surface area contributed by atoms with Crippen LogP contribution < -0.4 is 5.32 Å². The molecule has 0 aliphatic carbocycles. The minimum Gasteiger partial charge on any atom is -0.389 e. The predicted molar refractivity (Wildman–Crippen MR) is 91.6 cm³/mol. The number of nitrogens with one attached hydrogen (secondary N) is 1. The second kappa shape index (κ2) is 7.63. The van der Waals surface area contributed by atoms with Crippen LogP contribution in [0.5, 0.6) is 0 Å². The molecule has 6 nitrogen and oxygen atoms in total. The molecule has 2 rings (SSSR count). The van der Waals surface area contributed by atoms with Gasteiger partial charge >= 0.3 is 0 Å². The monoisotopic (exact) mass is 334 g/mol. The molecular formula is C16H22N4O2S. The highest BCUT2D eigenvalue weighted by Crippen LogP contribution is 2.16. The quantitative estimate of drug-likeness (QED) is 0.813. The SMILES string of the molecule is CCN(Cc1nnc(C(=O)Nc2ccccc2)s1)CC(C)(C)O. The molecule has 1 amide bonds. The first-order valence-electron chi connectivity index (χ1n) is 7.51. The maximum absolute atomic E-state index is 12.2. The van der Waals surface area contributed by atoms with Crippen molar-refractivity contribution in [1.29, 1.82) is 0 Å². The Morgan fingerprint density at radius 2 is 2.00 bits per heavy atom. The number of carbonyl (C=O) groups excluding carboxylic acids is 1. The van der Waals surface area contributed by atoms with E-state index in [-0.39, 0.29) is 5.91 Å². The van der Waals surface area contributed by atoms with E-state index >= 15 is 0 Å². The van der Waals surface area contributed by atoms with E-state index in [1.807, 2.05) is 37.3 Å². The van der Waals surface area contributed by atoms with Gasteiger partial charge in [0.15, 0.2) is 0 Å². The minimum atomic E-state index is -0.770. The van der Waals surface area contributed by atoms with E-state index in [0.29, 0.717) is 18.1 Å². The van der Waals surface area contributed by atoms with Crippen LogP contribution in [0.15, 0.2) is 30.3 Å². The van der Waals surface area contributed by atoms with Gasteiger partial charge in [0.2, 0.25) is 5.01 Å². The molecule has 0 saturated carbocycles. The number of hydrogen-bond donors (Lipinski definition) is 2. The number of aliphatic hydroxyl groups is 1. The number of carbonyl (C=O) groups is 1. The summed E-state index contributed by atoms with van der Waals surface area (Å²) in [5, 5.41) is 21.8. The highest BCUT2D eigenvalue weighted by molar-refractivity contribution is 7.13. The van der Waals surface area contributed by atoms with Crippen LogP contribution >= 0.6 is 11.3 Å². The zero-order valence-electron chi connectivity index (χ0n) is 13.6. The molecule has 1 heterocycles. The molecule has 23 heavy (non-hydrogen) atoms. The van der Waals surface area contributed by atoms with Gasteiger partial charge in [-0.25, -0.2) is 0 Å². The Hall–Kier alpha value is -1.83. The fourth-order valence-corrected chi connectivity index (χ4v) is 2.91. The van der Waals surface area contributed by atoms with Crippen molar-refractivity contribution in [3.8, 4) is 0 Å². The molecule has 0 aliphatic heterocycles. The number of rotatable bonds is 7. The molecule has 1 aromatic heterocycles. The van der Waals surface area contributed by atoms with Crippen molar-refractivity contribution in [3.05, 3.63) is 40.3 Å². The van der Waals surface area contributed by atoms with Crippen molar-refractivity contribution >= 4 is 22.9 Å². The molecular weight excluding hydrogens is 312 g/mol. The Morgan fingerprint density at radius 1 is 1.30 bits per heavy atom. The third-order valence-electron chi connectivity index (χ3n) is 3.11. The first-order valence-corrected chi connectivity index (χ1v) is 8.32. The van der Waals surface area contributed by atoms with Crippen molar-refractivity contribution in [3.63, 3.8) is 0 Å². The average molecular weight is 334 g/mol. The molecule has 124 valence electrons. The van der Waals surface area contributed by atoms with Crippen molar-refractivity contribution < 1.29 is 9.90 Å². The summed E-state index contributed by atoms with van der Waals surface area (Å²) in [5.74, 6) is -0.259. The van der Waals surface area contributed by atoms with Gasteiger partial charge in [0.25, 0.3) is 5.91 Å². The zero-order valence-corrected chi connectivity index (χ0v) is 14.4. The summed E-state index contributed by atoms with van der Waals surface area (Å²) in [6.07, 6.45) is 0. The fraction of sp³-hybridized carbons (Fsp3) is 0.438. The molecule has 1 aromatic carbocycles. The highest BCUT2D eigenvalue weighted by Gasteiger charge is 2.19. The van der Waals surface area contributed by atoms with Crippen LogP contribution in [0.1, 0.15) is 35.6 Å². The highest BCUT2D eigenvalue weighted by atomic mass is 32.1. The molecule has 2 N–H and O–H groups in total. The molecule has 0 spiro atoms. The van der Waals surface area contributed by atoms with Crippen molar-refractivity contribution in [2.45, 2.75) is 32.9 Å². The standard InChI is InChI=1S/C16H22N4O2S/c1-4-20(11-16(2,3)22)10-13-18-19-15(23-13)14(21)17-12-8-6-5-7-9-12/h5-9,22H,4,10-11H2,1-3H3,(H,17,21). The lowest BCUT2D eigenvalue weighted by molar-refractivity contribution is 0.0352. The van der Waals surface area contributed by atoms with Crippen LogP contribution in [0.3, 0.4) is 0 Å². The summed E-state index contributed by atoms with van der Waals surface area (Å²) in [7, 11) is 0. The van der Waals surface area contributed by atoms with Crippen molar-refractivity contribution in [1.82, 2.24) is 15.1 Å². The Labute approximate surface area is 140 Å². The Morgan fingerprint density at radius 3 is 2.61 bits per heavy atom. The molecule has 0 fully saturated rings. The van der Waals surface area contributed by atoms with E-state index in [1.54, 1.807) is 13.8 Å². The number of anilines is 1. The molecule has 2 aromatic rings. The summed E-state index contributed by atoms with van der Waals surface area (Å²) >= 11 is 1.27. The number of hydrogen-bond acceptors (Lipinski definition) is 6. The molecule has 0 unspecified atom stereocenters. The first kappa shape index (κ1) is 17.5. The third kappa shape index (κ3) is 5.70. The summed E-state index contributed by atoms with van der Waals surface area (Å²) in [6.45, 7) is 7.46. The molecule has 0 atom stereocenters. The number of para-hydroxylation sites is 1. The number of amides is 1. The Kier molecular flexibility index (Phi) is 5.81.